The van der Waals surface area contributed by atoms with Crippen LogP contribution in [0.5, 0.6) is 0 Å². The summed E-state index contributed by atoms with van der Waals surface area (Å²) in [6.07, 6.45) is 2.21. The molecule has 0 heterocycles. The fourth-order valence-corrected chi connectivity index (χ4v) is 4.82. The largest absolute Gasteiger partial charge is 0.345 e. The minimum atomic E-state index is -3.72. The second kappa shape index (κ2) is 9.91. The molecule has 1 aliphatic carbocycles. The van der Waals surface area contributed by atoms with E-state index in [9.17, 15) is 18.0 Å². The van der Waals surface area contributed by atoms with Gasteiger partial charge in [-0.1, -0.05) is 54.1 Å². The summed E-state index contributed by atoms with van der Waals surface area (Å²) in [6, 6.07) is 21.0. The van der Waals surface area contributed by atoms with E-state index >= 15 is 0 Å². The lowest BCUT2D eigenvalue weighted by atomic mass is 10.0. The third-order valence-electron chi connectivity index (χ3n) is 6.07. The van der Waals surface area contributed by atoms with E-state index in [4.69, 9.17) is 0 Å². The first-order valence-electron chi connectivity index (χ1n) is 11.3. The fourth-order valence-electron chi connectivity index (χ4n) is 3.81. The van der Waals surface area contributed by atoms with Gasteiger partial charge in [0.05, 0.1) is 10.9 Å². The Kier molecular flexibility index (Phi) is 6.95. The summed E-state index contributed by atoms with van der Waals surface area (Å²) in [6.45, 7) is 3.56. The van der Waals surface area contributed by atoms with Crippen LogP contribution in [0.4, 0.5) is 0 Å². The molecule has 34 heavy (non-hydrogen) atoms. The molecule has 2 N–H and O–H groups in total. The number of amides is 1. The molecule has 4 rings (SSSR count). The summed E-state index contributed by atoms with van der Waals surface area (Å²) >= 11 is 0. The van der Waals surface area contributed by atoms with Crippen molar-refractivity contribution in [3.63, 3.8) is 0 Å². The number of hydrogen-bond donors (Lipinski definition) is 2. The van der Waals surface area contributed by atoms with Crippen LogP contribution in [0, 0.1) is 12.8 Å². The van der Waals surface area contributed by atoms with Crippen LogP contribution < -0.4 is 10.0 Å². The second-order valence-corrected chi connectivity index (χ2v) is 10.6. The maximum Gasteiger partial charge on any atom is 0.251 e. The van der Waals surface area contributed by atoms with Crippen LogP contribution in [0.2, 0.25) is 0 Å². The third-order valence-corrected chi connectivity index (χ3v) is 7.49. The first-order valence-corrected chi connectivity index (χ1v) is 12.8. The molecular formula is C27H28N2O4S. The summed E-state index contributed by atoms with van der Waals surface area (Å²) in [7, 11) is -3.72. The highest BCUT2D eigenvalue weighted by atomic mass is 32.2. The Morgan fingerprint density at radius 2 is 1.47 bits per heavy atom. The SMILES string of the molecule is CC(=O)c1ccc(S(=O)(=O)NCc2ccc(C(=O)NC(c3ccc(C)cc3)C3CC3)cc2)cc1. The van der Waals surface area contributed by atoms with Gasteiger partial charge in [0.1, 0.15) is 0 Å². The van der Waals surface area contributed by atoms with Crippen molar-refractivity contribution >= 4 is 21.7 Å². The predicted molar refractivity (Wildman–Crippen MR) is 131 cm³/mol. The van der Waals surface area contributed by atoms with Gasteiger partial charge in [-0.05, 0) is 68.0 Å². The number of ketones is 1. The maximum atomic E-state index is 12.9. The van der Waals surface area contributed by atoms with Gasteiger partial charge in [-0.25, -0.2) is 13.1 Å². The van der Waals surface area contributed by atoms with E-state index in [0.717, 1.165) is 24.0 Å². The smallest absolute Gasteiger partial charge is 0.251 e. The molecule has 0 saturated heterocycles. The lowest BCUT2D eigenvalue weighted by Gasteiger charge is -2.19. The van der Waals surface area contributed by atoms with E-state index in [0.29, 0.717) is 17.0 Å². The Bertz CT molecular complexity index is 1280. The zero-order chi connectivity index (χ0) is 24.3. The summed E-state index contributed by atoms with van der Waals surface area (Å²) < 4.78 is 27.7. The first kappa shape index (κ1) is 23.9. The van der Waals surface area contributed by atoms with Crippen LogP contribution in [0.25, 0.3) is 0 Å². The molecule has 0 bridgehead atoms. The molecule has 3 aromatic rings. The second-order valence-electron chi connectivity index (χ2n) is 8.80. The van der Waals surface area contributed by atoms with Crippen molar-refractivity contribution in [3.8, 4) is 0 Å². The minimum absolute atomic E-state index is 0.00558. The summed E-state index contributed by atoms with van der Waals surface area (Å²) in [5.41, 5.74) is 4.02. The van der Waals surface area contributed by atoms with E-state index in [1.54, 1.807) is 24.3 Å². The topological polar surface area (TPSA) is 92.3 Å². The highest BCUT2D eigenvalue weighted by molar-refractivity contribution is 7.89. The number of sulfonamides is 1. The van der Waals surface area contributed by atoms with E-state index < -0.39 is 10.0 Å². The average Bonchev–Trinajstić information content (AvgIpc) is 3.67. The number of carbonyl (C=O) groups excluding carboxylic acids is 2. The number of benzene rings is 3. The zero-order valence-electron chi connectivity index (χ0n) is 19.2. The Morgan fingerprint density at radius 1 is 0.882 bits per heavy atom. The number of hydrogen-bond acceptors (Lipinski definition) is 4. The average molecular weight is 477 g/mol. The van der Waals surface area contributed by atoms with Gasteiger partial charge in [-0.3, -0.25) is 9.59 Å². The van der Waals surface area contributed by atoms with Gasteiger partial charge in [0.15, 0.2) is 5.78 Å². The van der Waals surface area contributed by atoms with E-state index in [2.05, 4.69) is 34.3 Å². The van der Waals surface area contributed by atoms with Crippen molar-refractivity contribution in [2.75, 3.05) is 0 Å². The monoisotopic (exact) mass is 476 g/mol. The molecule has 0 radical (unpaired) electrons. The van der Waals surface area contributed by atoms with Gasteiger partial charge in [-0.15, -0.1) is 0 Å². The molecule has 1 aliphatic rings. The predicted octanol–water partition coefficient (Wildman–Crippen LogP) is 4.56. The fraction of sp³-hybridized carbons (Fsp3) is 0.259. The molecule has 1 fully saturated rings. The molecule has 0 spiro atoms. The number of Topliss-reactive ketones (excluding diaryl/α,β-unsaturated/α-hetero) is 1. The van der Waals surface area contributed by atoms with Crippen molar-refractivity contribution in [1.82, 2.24) is 10.0 Å². The highest BCUT2D eigenvalue weighted by Gasteiger charge is 2.33. The molecule has 1 saturated carbocycles. The maximum absolute atomic E-state index is 12.9. The number of nitrogens with one attached hydrogen (secondary N) is 2. The highest BCUT2D eigenvalue weighted by Crippen LogP contribution is 2.41. The summed E-state index contributed by atoms with van der Waals surface area (Å²) in [5, 5.41) is 3.17. The standard InChI is InChI=1S/C27H28N2O4S/c1-18-3-7-22(8-4-18)26(23-11-12-23)29-27(31)24-9-5-20(6-10-24)17-28-34(32,33)25-15-13-21(14-16-25)19(2)30/h3-10,13-16,23,26,28H,11-12,17H2,1-2H3,(H,29,31). The summed E-state index contributed by atoms with van der Waals surface area (Å²) in [4.78, 5) is 24.3. The molecule has 3 aromatic carbocycles. The minimum Gasteiger partial charge on any atom is -0.345 e. The number of carbonyl (C=O) groups is 2. The molecule has 7 heteroatoms. The molecule has 176 valence electrons. The van der Waals surface area contributed by atoms with Crippen LogP contribution in [0.15, 0.2) is 77.7 Å². The van der Waals surface area contributed by atoms with Crippen LogP contribution in [-0.2, 0) is 16.6 Å². The molecule has 1 unspecified atom stereocenters. The zero-order valence-corrected chi connectivity index (χ0v) is 20.1. The molecule has 1 amide bonds. The Labute approximate surface area is 200 Å². The molecule has 6 nitrogen and oxygen atoms in total. The van der Waals surface area contributed by atoms with Gasteiger partial charge >= 0.3 is 0 Å². The normalized spacial score (nSPS) is 14.4. The van der Waals surface area contributed by atoms with Crippen LogP contribution in [-0.4, -0.2) is 20.1 Å². The van der Waals surface area contributed by atoms with Crippen LogP contribution in [0.1, 0.15) is 63.2 Å². The quantitative estimate of drug-likeness (QED) is 0.443. The van der Waals surface area contributed by atoms with E-state index in [1.165, 1.54) is 36.8 Å². The molecular weight excluding hydrogens is 448 g/mol. The van der Waals surface area contributed by atoms with Crippen molar-refractivity contribution in [2.45, 2.75) is 44.2 Å². The van der Waals surface area contributed by atoms with Gasteiger partial charge in [-0.2, -0.15) is 0 Å². The van der Waals surface area contributed by atoms with Crippen molar-refractivity contribution in [2.24, 2.45) is 5.92 Å². The van der Waals surface area contributed by atoms with Crippen molar-refractivity contribution in [3.05, 3.63) is 101 Å². The lowest BCUT2D eigenvalue weighted by Crippen LogP contribution is -2.30. The van der Waals surface area contributed by atoms with Gasteiger partial charge in [0, 0.05) is 17.7 Å². The summed E-state index contributed by atoms with van der Waals surface area (Å²) in [5.74, 6) is 0.198. The van der Waals surface area contributed by atoms with E-state index in [-0.39, 0.29) is 29.2 Å². The van der Waals surface area contributed by atoms with Gasteiger partial charge < -0.3 is 5.32 Å². The molecule has 0 aromatic heterocycles. The molecule has 0 aliphatic heterocycles. The van der Waals surface area contributed by atoms with Crippen LogP contribution >= 0.6 is 0 Å². The van der Waals surface area contributed by atoms with E-state index in [1.807, 2.05) is 6.92 Å². The van der Waals surface area contributed by atoms with Crippen molar-refractivity contribution in [1.29, 1.82) is 0 Å². The Hall–Kier alpha value is -3.29. The molecule has 1 atom stereocenters. The Balaban J connectivity index is 1.38. The number of rotatable bonds is 9. The third kappa shape index (κ3) is 5.79. The van der Waals surface area contributed by atoms with Gasteiger partial charge in [0.2, 0.25) is 10.0 Å². The first-order chi connectivity index (χ1) is 16.2. The lowest BCUT2D eigenvalue weighted by molar-refractivity contribution is 0.0931. The van der Waals surface area contributed by atoms with Crippen LogP contribution in [0.3, 0.4) is 0 Å². The van der Waals surface area contributed by atoms with Gasteiger partial charge in [0.25, 0.3) is 5.91 Å². The van der Waals surface area contributed by atoms with Crippen molar-refractivity contribution < 1.29 is 18.0 Å². The Morgan fingerprint density at radius 3 is 2.03 bits per heavy atom. The number of aryl methyl sites for hydroxylation is 1.